The highest BCUT2D eigenvalue weighted by Crippen LogP contribution is 2.32. The van der Waals surface area contributed by atoms with Crippen molar-refractivity contribution in [3.63, 3.8) is 0 Å². The maximum atomic E-state index is 4.50. The number of rotatable bonds is 11. The zero-order chi connectivity index (χ0) is 23.8. The molecule has 1 heterocycles. The van der Waals surface area contributed by atoms with Crippen LogP contribution in [0, 0.1) is 12.8 Å². The fraction of sp³-hybridized carbons (Fsp3) is 0.296. The number of anilines is 1. The van der Waals surface area contributed by atoms with Crippen LogP contribution in [-0.2, 0) is 5.75 Å². The van der Waals surface area contributed by atoms with Crippen LogP contribution in [0.15, 0.2) is 88.2 Å². The number of thioether (sulfide) groups is 1. The van der Waals surface area contributed by atoms with Crippen LogP contribution < -0.4 is 5.32 Å². The van der Waals surface area contributed by atoms with Gasteiger partial charge in [0.05, 0.1) is 5.69 Å². The first-order valence-corrected chi connectivity index (χ1v) is 11.8. The molecular weight excluding hydrogens is 412 g/mol. The third kappa shape index (κ3) is 10.4. The van der Waals surface area contributed by atoms with Gasteiger partial charge in [-0.3, -0.25) is 9.98 Å². The van der Waals surface area contributed by atoms with Crippen LogP contribution in [0.5, 0.6) is 0 Å². The molecule has 0 aliphatic rings. The zero-order valence-electron chi connectivity index (χ0n) is 19.8. The third-order valence-electron chi connectivity index (χ3n) is 4.62. The summed E-state index contributed by atoms with van der Waals surface area (Å²) in [6.07, 6.45) is 11.3. The lowest BCUT2D eigenvalue weighted by atomic mass is 10.0. The molecule has 0 aliphatic heterocycles. The summed E-state index contributed by atoms with van der Waals surface area (Å²) in [5, 5.41) is 4.40. The Hall–Kier alpha value is -2.92. The molecule has 0 aliphatic carbocycles. The molecule has 5 heteroatoms. The molecule has 2 aromatic rings. The van der Waals surface area contributed by atoms with Crippen LogP contribution in [0.4, 0.5) is 11.4 Å². The van der Waals surface area contributed by atoms with Crippen molar-refractivity contribution in [3.8, 4) is 0 Å². The number of allylic oxidation sites excluding steroid dienone is 4. The summed E-state index contributed by atoms with van der Waals surface area (Å²) in [7, 11) is 0. The number of aromatic nitrogens is 1. The molecule has 1 aromatic carbocycles. The minimum absolute atomic E-state index is 0.638. The zero-order valence-corrected chi connectivity index (χ0v) is 20.7. The third-order valence-corrected chi connectivity index (χ3v) is 5.66. The van der Waals surface area contributed by atoms with Crippen molar-refractivity contribution in [2.45, 2.75) is 51.3 Å². The number of hydrogen-bond acceptors (Lipinski definition) is 5. The predicted octanol–water partition coefficient (Wildman–Crippen LogP) is 8.15. The van der Waals surface area contributed by atoms with Gasteiger partial charge in [-0.1, -0.05) is 69.0 Å². The molecule has 1 aromatic heterocycles. The van der Waals surface area contributed by atoms with E-state index in [4.69, 9.17) is 0 Å². The summed E-state index contributed by atoms with van der Waals surface area (Å²) < 4.78 is 0. The average molecular weight is 449 g/mol. The normalized spacial score (nSPS) is 11.6. The van der Waals surface area contributed by atoms with E-state index in [1.165, 1.54) is 5.56 Å². The highest BCUT2D eigenvalue weighted by molar-refractivity contribution is 7.98. The maximum Gasteiger partial charge on any atom is 0.122 e. The van der Waals surface area contributed by atoms with E-state index in [2.05, 4.69) is 72.3 Å². The first-order chi connectivity index (χ1) is 15.4. The van der Waals surface area contributed by atoms with E-state index in [-0.39, 0.29) is 0 Å². The fourth-order valence-corrected chi connectivity index (χ4v) is 3.65. The number of hydrogen-bond donors (Lipinski definition) is 1. The predicted molar refractivity (Wildman–Crippen MR) is 145 cm³/mol. The molecule has 0 saturated heterocycles. The Bertz CT molecular complexity index is 931. The van der Waals surface area contributed by atoms with E-state index in [9.17, 15) is 0 Å². The standard InChI is InChI=1S/C21H27N3S.C6H9N/c1-6-15(2)11-17(4)24-19-10-8-7-9-18(19)14-25-21-20(22-5)12-16(3)13-23-21;1-3-4-5-6-7-2/h7-10,12-13,15,24H,4-6,11,14H2,1-3H3;3-6H,2H2,1H3/b;4-3-,6-5-. The van der Waals surface area contributed by atoms with Gasteiger partial charge in [-0.2, -0.15) is 0 Å². The highest BCUT2D eigenvalue weighted by Gasteiger charge is 2.09. The molecule has 0 radical (unpaired) electrons. The summed E-state index contributed by atoms with van der Waals surface area (Å²) in [6.45, 7) is 19.5. The molecule has 170 valence electrons. The molecule has 0 saturated carbocycles. The first kappa shape index (κ1) is 27.1. The van der Waals surface area contributed by atoms with E-state index < -0.39 is 0 Å². The van der Waals surface area contributed by atoms with E-state index in [1.807, 2.05) is 50.4 Å². The molecule has 0 bridgehead atoms. The summed E-state index contributed by atoms with van der Waals surface area (Å²) in [5.74, 6) is 1.46. The summed E-state index contributed by atoms with van der Waals surface area (Å²) in [5.41, 5.74) is 5.35. The van der Waals surface area contributed by atoms with E-state index in [0.29, 0.717) is 5.92 Å². The second kappa shape index (κ2) is 15.8. The van der Waals surface area contributed by atoms with E-state index >= 15 is 0 Å². The Morgan fingerprint density at radius 2 is 2.00 bits per heavy atom. The lowest BCUT2D eigenvalue weighted by Crippen LogP contribution is -2.05. The van der Waals surface area contributed by atoms with Crippen LogP contribution >= 0.6 is 11.8 Å². The fourth-order valence-electron chi connectivity index (χ4n) is 2.71. The van der Waals surface area contributed by atoms with Gasteiger partial charge in [-0.05, 0) is 69.0 Å². The van der Waals surface area contributed by atoms with Crippen molar-refractivity contribution < 1.29 is 0 Å². The van der Waals surface area contributed by atoms with Crippen LogP contribution in [0.1, 0.15) is 44.7 Å². The molecule has 0 fully saturated rings. The molecule has 4 nitrogen and oxygen atoms in total. The minimum Gasteiger partial charge on any atom is -0.359 e. The van der Waals surface area contributed by atoms with Crippen molar-refractivity contribution in [1.82, 2.24) is 4.98 Å². The summed E-state index contributed by atoms with van der Waals surface area (Å²) in [6, 6.07) is 10.4. The van der Waals surface area contributed by atoms with Gasteiger partial charge in [0.2, 0.25) is 0 Å². The van der Waals surface area contributed by atoms with E-state index in [1.54, 1.807) is 18.0 Å². The van der Waals surface area contributed by atoms with Gasteiger partial charge in [-0.25, -0.2) is 4.98 Å². The quantitative estimate of drug-likeness (QED) is 0.214. The molecule has 0 amide bonds. The lowest BCUT2D eigenvalue weighted by molar-refractivity contribution is 0.559. The Morgan fingerprint density at radius 1 is 1.25 bits per heavy atom. The van der Waals surface area contributed by atoms with Gasteiger partial charge >= 0.3 is 0 Å². The molecule has 1 atom stereocenters. The second-order valence-electron chi connectivity index (χ2n) is 7.44. The van der Waals surface area contributed by atoms with Crippen molar-refractivity contribution >= 4 is 36.6 Å². The van der Waals surface area contributed by atoms with E-state index in [0.717, 1.165) is 46.3 Å². The van der Waals surface area contributed by atoms with Crippen molar-refractivity contribution in [3.05, 3.63) is 84.4 Å². The average Bonchev–Trinajstić information content (AvgIpc) is 2.79. The highest BCUT2D eigenvalue weighted by atomic mass is 32.2. The monoisotopic (exact) mass is 448 g/mol. The second-order valence-corrected chi connectivity index (χ2v) is 8.40. The minimum atomic E-state index is 0.638. The van der Waals surface area contributed by atoms with Crippen LogP contribution in [0.2, 0.25) is 0 Å². The first-order valence-electron chi connectivity index (χ1n) is 10.8. The summed E-state index contributed by atoms with van der Waals surface area (Å²) >= 11 is 1.68. The van der Waals surface area contributed by atoms with Crippen LogP contribution in [0.3, 0.4) is 0 Å². The Labute approximate surface area is 198 Å². The Balaban J connectivity index is 0.000000633. The van der Waals surface area contributed by atoms with Gasteiger partial charge in [-0.15, -0.1) is 0 Å². The van der Waals surface area contributed by atoms with Crippen molar-refractivity contribution in [2.75, 3.05) is 5.32 Å². The number of aryl methyl sites for hydroxylation is 1. The molecule has 1 unspecified atom stereocenters. The molecule has 32 heavy (non-hydrogen) atoms. The van der Waals surface area contributed by atoms with Crippen LogP contribution in [0.25, 0.3) is 0 Å². The largest absolute Gasteiger partial charge is 0.359 e. The van der Waals surface area contributed by atoms with Crippen molar-refractivity contribution in [2.24, 2.45) is 15.9 Å². The number of aliphatic imine (C=N–C) groups is 2. The summed E-state index contributed by atoms with van der Waals surface area (Å²) in [4.78, 5) is 12.1. The van der Waals surface area contributed by atoms with Gasteiger partial charge < -0.3 is 5.32 Å². The Morgan fingerprint density at radius 3 is 2.66 bits per heavy atom. The van der Waals surface area contributed by atoms with Crippen molar-refractivity contribution in [1.29, 1.82) is 0 Å². The van der Waals surface area contributed by atoms with Gasteiger partial charge in [0.25, 0.3) is 0 Å². The molecule has 2 rings (SSSR count). The molecule has 1 N–H and O–H groups in total. The van der Waals surface area contributed by atoms with Gasteiger partial charge in [0.1, 0.15) is 5.03 Å². The number of pyridine rings is 1. The number of nitrogens with zero attached hydrogens (tertiary/aromatic N) is 3. The lowest BCUT2D eigenvalue weighted by Gasteiger charge is -2.16. The topological polar surface area (TPSA) is 49.6 Å². The molecular formula is C27H36N4S. The Kier molecular flexibility index (Phi) is 13.4. The van der Waals surface area contributed by atoms with Gasteiger partial charge in [0, 0.05) is 29.5 Å². The smallest absolute Gasteiger partial charge is 0.122 e. The number of para-hydroxylation sites is 1. The van der Waals surface area contributed by atoms with Gasteiger partial charge in [0.15, 0.2) is 0 Å². The number of nitrogens with one attached hydrogen (secondary N) is 1. The SMILES string of the molecule is C=N/C=C\C=C/C.C=Nc1cc(C)cnc1SCc1ccccc1NC(=C)CC(C)CC. The molecule has 0 spiro atoms. The number of benzene rings is 1. The van der Waals surface area contributed by atoms with Crippen LogP contribution in [-0.4, -0.2) is 18.4 Å². The maximum absolute atomic E-state index is 4.50.